The first-order valence-electron chi connectivity index (χ1n) is 27.4. The van der Waals surface area contributed by atoms with Gasteiger partial charge >= 0.3 is 17.9 Å². The van der Waals surface area contributed by atoms with Gasteiger partial charge in [-0.25, -0.2) is 0 Å². The molecule has 0 aromatic heterocycles. The minimum absolute atomic E-state index is 0.0160. The van der Waals surface area contributed by atoms with Gasteiger partial charge < -0.3 is 25.2 Å². The molecular weight excluding hydrogens is 992 g/mol. The Morgan fingerprint density at radius 1 is 0.640 bits per heavy atom. The molecule has 14 heteroatoms. The number of fused-ring (bicyclic) bond motifs is 10. The topological polar surface area (TPSA) is 187 Å². The van der Waals surface area contributed by atoms with Crippen molar-refractivity contribution in [1.82, 2.24) is 0 Å². The van der Waals surface area contributed by atoms with Gasteiger partial charge in [-0.3, -0.25) is 33.6 Å². The number of aliphatic carboxylic acids is 1. The largest absolute Gasteiger partial charge is 0.480 e. The maximum Gasteiger partial charge on any atom is 0.320 e. The minimum Gasteiger partial charge on any atom is -0.480 e. The SMILES string of the molecule is CC(=O)O[C@]1(C(C)=O)CC[C@H]2[C@@H]3C=C(C)C4=CC(=O)CC[C@]4(C)[C@H]3CC[C@@]21C.CC(=O)O[C@]1(C(C)=O)CC[C@H]2[C@@H]3C=C(C)C4=CC(=O)CC[C@]4(C)[C@H]3CC[C@@]21C.N[C@@H](Cc1ccc(N(CCCl)CCCl)cc1)C(=O)O. The number of esters is 2. The van der Waals surface area contributed by atoms with E-state index in [9.17, 15) is 33.6 Å². The predicted octanol–water partition coefficient (Wildman–Crippen LogP) is 11.1. The molecule has 3 N–H and O–H groups in total. The number of carboxylic acids is 1. The van der Waals surface area contributed by atoms with Crippen molar-refractivity contribution in [2.45, 2.75) is 170 Å². The quantitative estimate of drug-likeness (QED) is 0.149. The number of benzene rings is 1. The van der Waals surface area contributed by atoms with Crippen LogP contribution in [0.4, 0.5) is 5.69 Å². The molecule has 1 aromatic carbocycles. The van der Waals surface area contributed by atoms with Crippen LogP contribution in [0.1, 0.15) is 152 Å². The van der Waals surface area contributed by atoms with E-state index in [1.54, 1.807) is 13.8 Å². The number of ether oxygens (including phenoxy) is 2. The Labute approximate surface area is 455 Å². The first kappa shape index (κ1) is 58.3. The van der Waals surface area contributed by atoms with Crippen LogP contribution in [0.3, 0.4) is 0 Å². The summed E-state index contributed by atoms with van der Waals surface area (Å²) in [6.07, 6.45) is 18.7. The second-order valence-corrected chi connectivity index (χ2v) is 25.0. The zero-order valence-electron chi connectivity index (χ0n) is 46.1. The van der Waals surface area contributed by atoms with Crippen LogP contribution >= 0.6 is 23.2 Å². The standard InChI is InChI=1S/2C24H32O4.C13H18Cl2N2O2/c2*1-14-12-18-19(22(4)9-6-17(27)13-21(14)22)7-10-23(5)20(18)8-11-24(23,15(2)25)28-16(3)26;14-5-7-17(8-6-15)11-3-1-10(2-4-11)9-12(16)13(18)19/h2*12-13,18-20H,6-11H2,1-5H3;1-4,12H,5-9,16H2,(H,18,19)/t2*18-,19+,20+,22-,23+,24+;12-/m110/s1. The van der Waals surface area contributed by atoms with E-state index in [0.29, 0.717) is 79.4 Å². The Morgan fingerprint density at radius 2 is 1.03 bits per heavy atom. The van der Waals surface area contributed by atoms with Crippen molar-refractivity contribution in [3.63, 3.8) is 0 Å². The number of hydrogen-bond acceptors (Lipinski definition) is 11. The molecule has 13 atom stereocenters. The fourth-order valence-corrected chi connectivity index (χ4v) is 17.1. The molecule has 8 aliphatic carbocycles. The van der Waals surface area contributed by atoms with Crippen molar-refractivity contribution < 1.29 is 48.1 Å². The molecule has 1 aromatic rings. The van der Waals surface area contributed by atoms with Crippen LogP contribution in [0.15, 0.2) is 70.9 Å². The average Bonchev–Trinajstić information content (AvgIpc) is 3.81. The third kappa shape index (κ3) is 10.3. The van der Waals surface area contributed by atoms with Crippen LogP contribution in [-0.2, 0) is 49.5 Å². The van der Waals surface area contributed by atoms with Gasteiger partial charge in [-0.1, -0.05) is 63.1 Å². The van der Waals surface area contributed by atoms with Gasteiger partial charge in [0, 0.05) is 68.1 Å². The summed E-state index contributed by atoms with van der Waals surface area (Å²) in [5.41, 5.74) is 9.72. The number of ketones is 4. The predicted molar refractivity (Wildman–Crippen MR) is 292 cm³/mol. The summed E-state index contributed by atoms with van der Waals surface area (Å²) in [6.45, 7) is 20.7. The molecule has 9 rings (SSSR count). The van der Waals surface area contributed by atoms with Gasteiger partial charge in [0.25, 0.3) is 0 Å². The number of hydrogen-bond donors (Lipinski definition) is 2. The summed E-state index contributed by atoms with van der Waals surface area (Å²) < 4.78 is 11.6. The fourth-order valence-electron chi connectivity index (χ4n) is 16.7. The highest BCUT2D eigenvalue weighted by Crippen LogP contribution is 2.69. The molecule has 410 valence electrons. The number of carboxylic acid groups (broad SMARTS) is 1. The number of nitrogens with zero attached hydrogens (tertiary/aromatic N) is 1. The first-order chi connectivity index (χ1) is 35.2. The molecule has 4 saturated carbocycles. The number of carbonyl (C=O) groups excluding carboxylic acids is 6. The van der Waals surface area contributed by atoms with Crippen molar-refractivity contribution in [3.8, 4) is 0 Å². The number of carbonyl (C=O) groups is 7. The Hall–Kier alpha value is -4.39. The molecule has 0 aliphatic heterocycles. The highest BCUT2D eigenvalue weighted by atomic mass is 35.5. The molecule has 12 nitrogen and oxygen atoms in total. The molecular formula is C61H82Cl2N2O10. The number of rotatable bonds is 12. The van der Waals surface area contributed by atoms with Gasteiger partial charge in [-0.05, 0) is 186 Å². The summed E-state index contributed by atoms with van der Waals surface area (Å²) in [6, 6.07) is 6.76. The second kappa shape index (κ2) is 22.2. The molecule has 0 unspecified atom stereocenters. The molecule has 0 saturated heterocycles. The van der Waals surface area contributed by atoms with E-state index < -0.39 is 23.2 Å². The van der Waals surface area contributed by atoms with Gasteiger partial charge in [0.05, 0.1) is 0 Å². The van der Waals surface area contributed by atoms with Crippen LogP contribution in [-0.4, -0.2) is 88.2 Å². The normalized spacial score (nSPS) is 36.4. The van der Waals surface area contributed by atoms with Crippen molar-refractivity contribution in [3.05, 3.63) is 76.4 Å². The molecule has 0 heterocycles. The average molecular weight is 1070 g/mol. The van der Waals surface area contributed by atoms with E-state index in [4.69, 9.17) is 43.5 Å². The maximum absolute atomic E-state index is 12.8. The Morgan fingerprint density at radius 3 is 1.37 bits per heavy atom. The number of anilines is 1. The van der Waals surface area contributed by atoms with Gasteiger partial charge in [-0.15, -0.1) is 23.2 Å². The molecule has 0 bridgehead atoms. The smallest absolute Gasteiger partial charge is 0.320 e. The molecule has 4 fully saturated rings. The van der Waals surface area contributed by atoms with E-state index in [0.717, 1.165) is 75.7 Å². The van der Waals surface area contributed by atoms with E-state index in [1.807, 2.05) is 36.4 Å². The van der Waals surface area contributed by atoms with Crippen LogP contribution < -0.4 is 10.6 Å². The highest BCUT2D eigenvalue weighted by molar-refractivity contribution is 6.18. The highest BCUT2D eigenvalue weighted by Gasteiger charge is 2.69. The molecule has 8 aliphatic rings. The summed E-state index contributed by atoms with van der Waals surface area (Å²) in [5.74, 6) is 2.13. The van der Waals surface area contributed by atoms with Crippen LogP contribution in [0.5, 0.6) is 0 Å². The minimum atomic E-state index is -0.991. The summed E-state index contributed by atoms with van der Waals surface area (Å²) >= 11 is 11.5. The Balaban J connectivity index is 0.000000168. The molecule has 0 amide bonds. The summed E-state index contributed by atoms with van der Waals surface area (Å²) in [7, 11) is 0. The van der Waals surface area contributed by atoms with Crippen molar-refractivity contribution in [2.24, 2.45) is 62.9 Å². The summed E-state index contributed by atoms with van der Waals surface area (Å²) in [4.78, 5) is 86.3. The number of alkyl halides is 2. The monoisotopic (exact) mass is 1070 g/mol. The number of nitrogens with two attached hydrogens (primary N) is 1. The first-order valence-corrected chi connectivity index (χ1v) is 28.5. The fraction of sp³-hybridized carbons (Fsp3) is 0.656. The van der Waals surface area contributed by atoms with Crippen molar-refractivity contribution in [2.75, 3.05) is 29.7 Å². The number of allylic oxidation sites excluding steroid dienone is 8. The zero-order valence-corrected chi connectivity index (χ0v) is 47.6. The molecule has 75 heavy (non-hydrogen) atoms. The van der Waals surface area contributed by atoms with Crippen molar-refractivity contribution >= 4 is 69.9 Å². The van der Waals surface area contributed by atoms with Gasteiger partial charge in [-0.2, -0.15) is 0 Å². The third-order valence-electron chi connectivity index (χ3n) is 20.5. The lowest BCUT2D eigenvalue weighted by Gasteiger charge is -2.58. The Bertz CT molecular complexity index is 2440. The lowest BCUT2D eigenvalue weighted by molar-refractivity contribution is -0.185. The van der Waals surface area contributed by atoms with Gasteiger partial charge in [0.15, 0.2) is 34.3 Å². The lowest BCUT2D eigenvalue weighted by Crippen LogP contribution is -2.58. The maximum atomic E-state index is 12.8. The van der Waals surface area contributed by atoms with E-state index in [1.165, 1.54) is 36.1 Å². The third-order valence-corrected chi connectivity index (χ3v) is 20.8. The zero-order chi connectivity index (χ0) is 55.2. The van der Waals surface area contributed by atoms with Crippen LogP contribution in [0.25, 0.3) is 0 Å². The van der Waals surface area contributed by atoms with E-state index in [2.05, 4.69) is 58.6 Å². The molecule has 0 spiro atoms. The van der Waals surface area contributed by atoms with Crippen LogP contribution in [0, 0.1) is 57.2 Å². The Kier molecular flexibility index (Phi) is 17.2. The second-order valence-electron chi connectivity index (χ2n) is 24.3. The lowest BCUT2D eigenvalue weighted by atomic mass is 9.47. The van der Waals surface area contributed by atoms with E-state index >= 15 is 0 Å². The molecule has 0 radical (unpaired) electrons. The van der Waals surface area contributed by atoms with Gasteiger partial charge in [0.2, 0.25) is 0 Å². The number of Topliss-reactive ketones (excluding diaryl/α,β-unsaturated/α-hetero) is 2. The van der Waals surface area contributed by atoms with Gasteiger partial charge in [0.1, 0.15) is 6.04 Å². The summed E-state index contributed by atoms with van der Waals surface area (Å²) in [5, 5.41) is 8.76. The number of halogens is 2. The van der Waals surface area contributed by atoms with E-state index in [-0.39, 0.29) is 56.7 Å². The van der Waals surface area contributed by atoms with Crippen LogP contribution in [0.2, 0.25) is 0 Å². The van der Waals surface area contributed by atoms with Crippen molar-refractivity contribution in [1.29, 1.82) is 0 Å².